The molecule has 0 radical (unpaired) electrons. The minimum atomic E-state index is -0.895. The summed E-state index contributed by atoms with van der Waals surface area (Å²) in [5.41, 5.74) is 12.1. The van der Waals surface area contributed by atoms with Gasteiger partial charge < -0.3 is 16.2 Å². The molecule has 0 fully saturated rings. The molecule has 0 bridgehead atoms. The van der Waals surface area contributed by atoms with E-state index in [1.165, 1.54) is 0 Å². The van der Waals surface area contributed by atoms with Gasteiger partial charge in [-0.2, -0.15) is 0 Å². The number of nitrogens with two attached hydrogens (primary N) is 2. The molecule has 1 unspecified atom stereocenters. The van der Waals surface area contributed by atoms with Crippen LogP contribution in [-0.2, 0) is 0 Å². The number of hydrogen-bond donors (Lipinski definition) is 2. The van der Waals surface area contributed by atoms with E-state index in [1.807, 2.05) is 30.3 Å². The molecule has 84 valence electrons. The second kappa shape index (κ2) is 4.20. The van der Waals surface area contributed by atoms with Gasteiger partial charge in [0.2, 0.25) is 0 Å². The van der Waals surface area contributed by atoms with Crippen molar-refractivity contribution in [2.75, 3.05) is 0 Å². The second-order valence-electron chi connectivity index (χ2n) is 3.74. The Labute approximate surface area is 99.3 Å². The molecular weight excluding hydrogens is 224 g/mol. The van der Waals surface area contributed by atoms with Crippen molar-refractivity contribution in [2.45, 2.75) is 11.4 Å². The zero-order valence-electron chi connectivity index (χ0n) is 8.69. The molecule has 0 aromatic heterocycles. The number of allylic oxidation sites excluding steroid dienone is 1. The first-order valence-corrected chi connectivity index (χ1v) is 5.33. The van der Waals surface area contributed by atoms with E-state index in [0.717, 1.165) is 5.75 Å². The number of rotatable bonds is 2. The van der Waals surface area contributed by atoms with Gasteiger partial charge in [-0.05, 0) is 24.3 Å². The van der Waals surface area contributed by atoms with Crippen molar-refractivity contribution in [3.05, 3.63) is 53.9 Å². The Morgan fingerprint density at radius 1 is 1.25 bits per heavy atom. The Morgan fingerprint density at radius 2 is 1.94 bits per heavy atom. The van der Waals surface area contributed by atoms with E-state index in [9.17, 15) is 0 Å². The lowest BCUT2D eigenvalue weighted by atomic mass is 10.1. The molecule has 0 saturated heterocycles. The van der Waals surface area contributed by atoms with Gasteiger partial charge in [0.05, 0.1) is 5.70 Å². The van der Waals surface area contributed by atoms with Crippen molar-refractivity contribution in [1.29, 1.82) is 0 Å². The molecule has 4 N–H and O–H groups in total. The van der Waals surface area contributed by atoms with Crippen LogP contribution in [0.4, 0.5) is 0 Å². The van der Waals surface area contributed by atoms with Crippen molar-refractivity contribution in [3.63, 3.8) is 0 Å². The third-order valence-electron chi connectivity index (χ3n) is 2.26. The summed E-state index contributed by atoms with van der Waals surface area (Å²) >= 11 is 5.96. The third kappa shape index (κ3) is 2.56. The van der Waals surface area contributed by atoms with Crippen LogP contribution in [0.3, 0.4) is 0 Å². The van der Waals surface area contributed by atoms with Gasteiger partial charge in [0.25, 0.3) is 0 Å². The van der Waals surface area contributed by atoms with Gasteiger partial charge in [0, 0.05) is 6.42 Å². The predicted molar refractivity (Wildman–Crippen MR) is 64.8 cm³/mol. The fourth-order valence-corrected chi connectivity index (χ4v) is 1.68. The highest BCUT2D eigenvalue weighted by molar-refractivity contribution is 6.25. The average Bonchev–Trinajstić information content (AvgIpc) is 2.23. The topological polar surface area (TPSA) is 61.3 Å². The summed E-state index contributed by atoms with van der Waals surface area (Å²) in [5.74, 6) is 1.34. The fourth-order valence-electron chi connectivity index (χ4n) is 1.47. The van der Waals surface area contributed by atoms with Crippen LogP contribution < -0.4 is 16.2 Å². The summed E-state index contributed by atoms with van der Waals surface area (Å²) in [7, 11) is 0. The minimum Gasteiger partial charge on any atom is -0.456 e. The number of para-hydroxylation sites is 1. The molecule has 0 aliphatic heterocycles. The normalized spacial score (nSPS) is 24.6. The maximum atomic E-state index is 5.96. The molecule has 2 rings (SSSR count). The van der Waals surface area contributed by atoms with E-state index in [2.05, 4.69) is 0 Å². The Balaban J connectivity index is 2.16. The number of ether oxygens (including phenoxy) is 1. The second-order valence-corrected chi connectivity index (χ2v) is 4.45. The van der Waals surface area contributed by atoms with Crippen molar-refractivity contribution < 1.29 is 4.74 Å². The smallest absolute Gasteiger partial charge is 0.146 e. The van der Waals surface area contributed by atoms with Gasteiger partial charge >= 0.3 is 0 Å². The summed E-state index contributed by atoms with van der Waals surface area (Å²) < 4.78 is 5.61. The van der Waals surface area contributed by atoms with Gasteiger partial charge in [-0.3, -0.25) is 0 Å². The van der Waals surface area contributed by atoms with Gasteiger partial charge in [0.1, 0.15) is 16.5 Å². The first kappa shape index (κ1) is 11.0. The van der Waals surface area contributed by atoms with Crippen LogP contribution in [0.25, 0.3) is 0 Å². The summed E-state index contributed by atoms with van der Waals surface area (Å²) in [6, 6.07) is 9.43. The van der Waals surface area contributed by atoms with Crippen molar-refractivity contribution in [2.24, 2.45) is 11.5 Å². The Morgan fingerprint density at radius 3 is 2.56 bits per heavy atom. The summed E-state index contributed by atoms with van der Waals surface area (Å²) in [6.45, 7) is 0. The molecule has 3 nitrogen and oxygen atoms in total. The maximum absolute atomic E-state index is 5.96. The highest BCUT2D eigenvalue weighted by Gasteiger charge is 2.24. The van der Waals surface area contributed by atoms with E-state index >= 15 is 0 Å². The molecule has 1 aliphatic carbocycles. The van der Waals surface area contributed by atoms with E-state index < -0.39 is 5.00 Å². The number of alkyl halides is 1. The quantitative estimate of drug-likeness (QED) is 0.611. The summed E-state index contributed by atoms with van der Waals surface area (Å²) in [6.07, 6.45) is 3.77. The van der Waals surface area contributed by atoms with E-state index in [4.69, 9.17) is 27.8 Å². The van der Waals surface area contributed by atoms with Gasteiger partial charge in [-0.25, -0.2) is 0 Å². The average molecular weight is 237 g/mol. The fraction of sp³-hybridized carbons (Fsp3) is 0.167. The van der Waals surface area contributed by atoms with Crippen LogP contribution in [0.2, 0.25) is 0 Å². The Kier molecular flexibility index (Phi) is 2.90. The van der Waals surface area contributed by atoms with Crippen LogP contribution in [-0.4, -0.2) is 5.00 Å². The molecule has 1 aromatic carbocycles. The number of halogens is 1. The maximum Gasteiger partial charge on any atom is 0.146 e. The van der Waals surface area contributed by atoms with Crippen LogP contribution >= 0.6 is 11.6 Å². The Bertz CT molecular complexity index is 438. The van der Waals surface area contributed by atoms with E-state index in [0.29, 0.717) is 17.9 Å². The zero-order chi connectivity index (χ0) is 11.6. The molecular formula is C12H13ClN2O. The Hall–Kier alpha value is -1.45. The molecule has 1 aliphatic rings. The zero-order valence-corrected chi connectivity index (χ0v) is 9.45. The first-order valence-electron chi connectivity index (χ1n) is 4.95. The van der Waals surface area contributed by atoms with Crippen molar-refractivity contribution in [3.8, 4) is 5.75 Å². The predicted octanol–water partition coefficient (Wildman–Crippen LogP) is 2.09. The molecule has 0 spiro atoms. The lowest BCUT2D eigenvalue weighted by Crippen LogP contribution is -2.35. The first-order chi connectivity index (χ1) is 7.57. The van der Waals surface area contributed by atoms with Crippen molar-refractivity contribution in [1.82, 2.24) is 0 Å². The molecule has 1 atom stereocenters. The SMILES string of the molecule is NC1=C(Oc2ccccc2)C=CC(N)(Cl)C1. The standard InChI is InChI=1S/C12H13ClN2O/c13-12(15)7-6-11(10(14)8-12)16-9-4-2-1-3-5-9/h1-7H,8,14-15H2. The monoisotopic (exact) mass is 236 g/mol. The highest BCUT2D eigenvalue weighted by atomic mass is 35.5. The van der Waals surface area contributed by atoms with Gasteiger partial charge in [0.15, 0.2) is 0 Å². The number of hydrogen-bond acceptors (Lipinski definition) is 3. The summed E-state index contributed by atoms with van der Waals surface area (Å²) in [4.78, 5) is -0.895. The van der Waals surface area contributed by atoms with Crippen LogP contribution in [0, 0.1) is 0 Å². The lowest BCUT2D eigenvalue weighted by Gasteiger charge is -2.23. The highest BCUT2D eigenvalue weighted by Crippen LogP contribution is 2.27. The summed E-state index contributed by atoms with van der Waals surface area (Å²) in [5, 5.41) is 0. The number of benzene rings is 1. The van der Waals surface area contributed by atoms with Crippen LogP contribution in [0.1, 0.15) is 6.42 Å². The molecule has 0 saturated carbocycles. The van der Waals surface area contributed by atoms with E-state index in [1.54, 1.807) is 12.2 Å². The van der Waals surface area contributed by atoms with Crippen molar-refractivity contribution >= 4 is 11.6 Å². The van der Waals surface area contributed by atoms with E-state index in [-0.39, 0.29) is 0 Å². The molecule has 4 heteroatoms. The minimum absolute atomic E-state index is 0.382. The largest absolute Gasteiger partial charge is 0.456 e. The van der Waals surface area contributed by atoms with Gasteiger partial charge in [-0.1, -0.05) is 29.8 Å². The van der Waals surface area contributed by atoms with Gasteiger partial charge in [-0.15, -0.1) is 0 Å². The third-order valence-corrected chi connectivity index (χ3v) is 2.52. The van der Waals surface area contributed by atoms with Crippen LogP contribution in [0.5, 0.6) is 5.75 Å². The molecule has 0 heterocycles. The molecule has 0 amide bonds. The molecule has 16 heavy (non-hydrogen) atoms. The molecule has 1 aromatic rings. The lowest BCUT2D eigenvalue weighted by molar-refractivity contribution is 0.426. The van der Waals surface area contributed by atoms with Crippen LogP contribution in [0.15, 0.2) is 53.9 Å².